The molecule has 29 heavy (non-hydrogen) atoms. The lowest BCUT2D eigenvalue weighted by Gasteiger charge is -2.31. The van der Waals surface area contributed by atoms with E-state index in [9.17, 15) is 9.59 Å². The van der Waals surface area contributed by atoms with Gasteiger partial charge in [0.25, 0.3) is 5.91 Å². The highest BCUT2D eigenvalue weighted by atomic mass is 32.1. The van der Waals surface area contributed by atoms with Crippen LogP contribution in [0, 0.1) is 0 Å². The predicted molar refractivity (Wildman–Crippen MR) is 115 cm³/mol. The van der Waals surface area contributed by atoms with Gasteiger partial charge in [0.15, 0.2) is 6.61 Å². The van der Waals surface area contributed by atoms with Crippen molar-refractivity contribution < 1.29 is 14.3 Å². The molecule has 1 aliphatic carbocycles. The first-order valence-corrected chi connectivity index (χ1v) is 10.9. The van der Waals surface area contributed by atoms with Gasteiger partial charge in [-0.25, -0.2) is 9.78 Å². The van der Waals surface area contributed by atoms with Crippen LogP contribution in [0.5, 0.6) is 0 Å². The van der Waals surface area contributed by atoms with E-state index in [0.29, 0.717) is 5.56 Å². The molecule has 1 amide bonds. The molecule has 4 rings (SSSR count). The maximum absolute atomic E-state index is 12.9. The first-order chi connectivity index (χ1) is 14.1. The van der Waals surface area contributed by atoms with Crippen LogP contribution in [-0.2, 0) is 9.53 Å². The summed E-state index contributed by atoms with van der Waals surface area (Å²) in [5.41, 5.74) is 1.90. The van der Waals surface area contributed by atoms with Gasteiger partial charge in [0.2, 0.25) is 0 Å². The van der Waals surface area contributed by atoms with Crippen LogP contribution < -0.4 is 0 Å². The van der Waals surface area contributed by atoms with Gasteiger partial charge < -0.3 is 9.64 Å². The SMILES string of the molecule is CN(C(=O)COC(=O)c1cc(-c2cccs2)nc2ccccc12)C1CCCCC1. The van der Waals surface area contributed by atoms with E-state index in [1.54, 1.807) is 22.3 Å². The molecule has 1 fully saturated rings. The smallest absolute Gasteiger partial charge is 0.339 e. The van der Waals surface area contributed by atoms with Crippen molar-refractivity contribution in [1.29, 1.82) is 0 Å². The van der Waals surface area contributed by atoms with Crippen LogP contribution >= 0.6 is 11.3 Å². The standard InChI is InChI=1S/C23H24N2O3S/c1-25(16-8-3-2-4-9-16)22(26)15-28-23(27)18-14-20(21-12-7-13-29-21)24-19-11-6-5-10-17(18)19/h5-7,10-14,16H,2-4,8-9,15H2,1H3. The van der Waals surface area contributed by atoms with E-state index >= 15 is 0 Å². The molecule has 2 heterocycles. The van der Waals surface area contributed by atoms with Gasteiger partial charge in [-0.3, -0.25) is 4.79 Å². The van der Waals surface area contributed by atoms with Crippen molar-refractivity contribution in [2.45, 2.75) is 38.1 Å². The van der Waals surface area contributed by atoms with Crippen molar-refractivity contribution in [2.75, 3.05) is 13.7 Å². The predicted octanol–water partition coefficient (Wildman–Crippen LogP) is 4.91. The molecule has 1 aromatic carbocycles. The van der Waals surface area contributed by atoms with Crippen molar-refractivity contribution in [1.82, 2.24) is 9.88 Å². The molecule has 0 radical (unpaired) electrons. The molecule has 3 aromatic rings. The number of nitrogens with zero attached hydrogens (tertiary/aromatic N) is 2. The summed E-state index contributed by atoms with van der Waals surface area (Å²) < 4.78 is 5.43. The Balaban J connectivity index is 1.52. The zero-order valence-electron chi connectivity index (χ0n) is 16.5. The summed E-state index contributed by atoms with van der Waals surface area (Å²) in [6, 6.07) is 13.4. The number of ether oxygens (including phenoxy) is 1. The lowest BCUT2D eigenvalue weighted by molar-refractivity contribution is -0.135. The molecule has 0 N–H and O–H groups in total. The molecule has 0 bridgehead atoms. The highest BCUT2D eigenvalue weighted by Crippen LogP contribution is 2.28. The van der Waals surface area contributed by atoms with E-state index in [2.05, 4.69) is 4.98 Å². The minimum atomic E-state index is -0.494. The minimum Gasteiger partial charge on any atom is -0.452 e. The normalized spacial score (nSPS) is 14.7. The molecule has 0 atom stereocenters. The quantitative estimate of drug-likeness (QED) is 0.563. The highest BCUT2D eigenvalue weighted by Gasteiger charge is 2.23. The Labute approximate surface area is 174 Å². The third-order valence-corrected chi connectivity index (χ3v) is 6.44. The van der Waals surface area contributed by atoms with Crippen LogP contribution in [0.3, 0.4) is 0 Å². The molecule has 1 aliphatic rings. The van der Waals surface area contributed by atoms with Gasteiger partial charge in [0.05, 0.1) is 21.7 Å². The molecule has 2 aromatic heterocycles. The monoisotopic (exact) mass is 408 g/mol. The lowest BCUT2D eigenvalue weighted by Crippen LogP contribution is -2.40. The number of amides is 1. The van der Waals surface area contributed by atoms with Crippen molar-refractivity contribution in [3.63, 3.8) is 0 Å². The van der Waals surface area contributed by atoms with Crippen molar-refractivity contribution in [2.24, 2.45) is 0 Å². The number of hydrogen-bond donors (Lipinski definition) is 0. The summed E-state index contributed by atoms with van der Waals surface area (Å²) in [4.78, 5) is 32.8. The number of hydrogen-bond acceptors (Lipinski definition) is 5. The third kappa shape index (κ3) is 4.32. The Kier molecular flexibility index (Phi) is 5.90. The average Bonchev–Trinajstić information content (AvgIpc) is 3.31. The van der Waals surface area contributed by atoms with Crippen molar-refractivity contribution >= 4 is 34.1 Å². The van der Waals surface area contributed by atoms with E-state index in [4.69, 9.17) is 4.74 Å². The number of esters is 1. The Hall–Kier alpha value is -2.73. The van der Waals surface area contributed by atoms with Gasteiger partial charge in [-0.2, -0.15) is 0 Å². The Morgan fingerprint density at radius 3 is 2.69 bits per heavy atom. The highest BCUT2D eigenvalue weighted by molar-refractivity contribution is 7.13. The van der Waals surface area contributed by atoms with Crippen LogP contribution in [0.25, 0.3) is 21.5 Å². The fourth-order valence-corrected chi connectivity index (χ4v) is 4.56. The zero-order valence-corrected chi connectivity index (χ0v) is 17.3. The number of carbonyl (C=O) groups is 2. The number of likely N-dealkylation sites (N-methyl/N-ethyl adjacent to an activating group) is 1. The summed E-state index contributed by atoms with van der Waals surface area (Å²) in [5.74, 6) is -0.645. The second-order valence-electron chi connectivity index (χ2n) is 7.42. The molecular formula is C23H24N2O3S. The van der Waals surface area contributed by atoms with E-state index in [1.807, 2.05) is 48.8 Å². The van der Waals surface area contributed by atoms with E-state index < -0.39 is 5.97 Å². The number of rotatable bonds is 5. The zero-order chi connectivity index (χ0) is 20.2. The Morgan fingerprint density at radius 1 is 1.14 bits per heavy atom. The van der Waals surface area contributed by atoms with Crippen LogP contribution in [0.2, 0.25) is 0 Å². The Morgan fingerprint density at radius 2 is 1.93 bits per heavy atom. The van der Waals surface area contributed by atoms with Crippen LogP contribution in [0.4, 0.5) is 0 Å². The number of para-hydroxylation sites is 1. The second-order valence-corrected chi connectivity index (χ2v) is 8.37. The summed E-state index contributed by atoms with van der Waals surface area (Å²) in [6.45, 7) is -0.239. The fraction of sp³-hybridized carbons (Fsp3) is 0.348. The molecule has 0 saturated heterocycles. The number of fused-ring (bicyclic) bond motifs is 1. The van der Waals surface area contributed by atoms with Crippen molar-refractivity contribution in [3.05, 3.63) is 53.4 Å². The van der Waals surface area contributed by atoms with Gasteiger partial charge in [0, 0.05) is 18.5 Å². The molecule has 0 aliphatic heterocycles. The molecule has 150 valence electrons. The molecule has 6 heteroatoms. The Bertz CT molecular complexity index is 1010. The van der Waals surface area contributed by atoms with Gasteiger partial charge >= 0.3 is 5.97 Å². The summed E-state index contributed by atoms with van der Waals surface area (Å²) in [7, 11) is 1.81. The third-order valence-electron chi connectivity index (χ3n) is 5.55. The summed E-state index contributed by atoms with van der Waals surface area (Å²) in [6.07, 6.45) is 5.58. The molecule has 1 saturated carbocycles. The number of aromatic nitrogens is 1. The van der Waals surface area contributed by atoms with Crippen LogP contribution in [0.15, 0.2) is 47.8 Å². The summed E-state index contributed by atoms with van der Waals surface area (Å²) in [5, 5.41) is 2.70. The van der Waals surface area contributed by atoms with Gasteiger partial charge in [-0.05, 0) is 36.4 Å². The molecule has 5 nitrogen and oxygen atoms in total. The van der Waals surface area contributed by atoms with E-state index in [1.165, 1.54) is 6.42 Å². The second kappa shape index (κ2) is 8.74. The maximum Gasteiger partial charge on any atom is 0.339 e. The summed E-state index contributed by atoms with van der Waals surface area (Å²) >= 11 is 1.57. The van der Waals surface area contributed by atoms with E-state index in [0.717, 1.165) is 47.2 Å². The maximum atomic E-state index is 12.9. The van der Waals surface area contributed by atoms with Crippen LogP contribution in [0.1, 0.15) is 42.5 Å². The van der Waals surface area contributed by atoms with Crippen LogP contribution in [-0.4, -0.2) is 41.5 Å². The van der Waals surface area contributed by atoms with Gasteiger partial charge in [-0.1, -0.05) is 43.5 Å². The number of pyridine rings is 1. The fourth-order valence-electron chi connectivity index (χ4n) is 3.87. The first-order valence-electron chi connectivity index (χ1n) is 10.00. The number of carbonyl (C=O) groups excluding carboxylic acids is 2. The first kappa shape index (κ1) is 19.6. The molecular weight excluding hydrogens is 384 g/mol. The molecule has 0 spiro atoms. The average molecular weight is 409 g/mol. The molecule has 0 unspecified atom stereocenters. The minimum absolute atomic E-state index is 0.151. The van der Waals surface area contributed by atoms with Gasteiger partial charge in [0.1, 0.15) is 0 Å². The number of benzene rings is 1. The topological polar surface area (TPSA) is 59.5 Å². The van der Waals surface area contributed by atoms with Gasteiger partial charge in [-0.15, -0.1) is 11.3 Å². The largest absolute Gasteiger partial charge is 0.452 e. The number of thiophene rings is 1. The lowest BCUT2D eigenvalue weighted by atomic mass is 9.94. The van der Waals surface area contributed by atoms with E-state index in [-0.39, 0.29) is 18.6 Å². The van der Waals surface area contributed by atoms with Crippen molar-refractivity contribution in [3.8, 4) is 10.6 Å².